The van der Waals surface area contributed by atoms with Crippen LogP contribution < -0.4 is 19.9 Å². The Hall–Kier alpha value is -1.89. The third-order valence-corrected chi connectivity index (χ3v) is 3.75. The molecule has 0 aliphatic rings. The van der Waals surface area contributed by atoms with Crippen molar-refractivity contribution < 1.29 is 14.2 Å². The zero-order chi connectivity index (χ0) is 14.9. The van der Waals surface area contributed by atoms with Gasteiger partial charge in [-0.05, 0) is 28.1 Å². The minimum Gasteiger partial charge on any atom is -0.493 e. The molecule has 0 fully saturated rings. The molecular weight excluding hydrogens is 326 g/mol. The fourth-order valence-electron chi connectivity index (χ4n) is 1.91. The molecule has 0 bridgehead atoms. The highest BCUT2D eigenvalue weighted by Crippen LogP contribution is 2.42. The van der Waals surface area contributed by atoms with E-state index in [4.69, 9.17) is 19.9 Å². The largest absolute Gasteiger partial charge is 0.493 e. The van der Waals surface area contributed by atoms with Gasteiger partial charge in [0, 0.05) is 12.6 Å². The highest BCUT2D eigenvalue weighted by atomic mass is 79.9. The topological polar surface area (TPSA) is 71.5 Å². The lowest BCUT2D eigenvalue weighted by molar-refractivity contribution is 0.324. The number of halogens is 1. The van der Waals surface area contributed by atoms with Crippen LogP contribution in [-0.4, -0.2) is 31.1 Å². The van der Waals surface area contributed by atoms with Gasteiger partial charge in [0.25, 0.3) is 0 Å². The van der Waals surface area contributed by atoms with Gasteiger partial charge in [-0.2, -0.15) is 5.10 Å². The number of benzene rings is 1. The first-order valence-electron chi connectivity index (χ1n) is 5.81. The van der Waals surface area contributed by atoms with Gasteiger partial charge >= 0.3 is 0 Å². The molecule has 0 spiro atoms. The van der Waals surface area contributed by atoms with Gasteiger partial charge < -0.3 is 19.9 Å². The lowest BCUT2D eigenvalue weighted by Gasteiger charge is -2.13. The number of aromatic nitrogens is 2. The fourth-order valence-corrected chi connectivity index (χ4v) is 2.48. The summed E-state index contributed by atoms with van der Waals surface area (Å²) < 4.78 is 18.3. The fraction of sp³-hybridized carbons (Fsp3) is 0.308. The average molecular weight is 342 g/mol. The summed E-state index contributed by atoms with van der Waals surface area (Å²) in [7, 11) is 6.49. The summed E-state index contributed by atoms with van der Waals surface area (Å²) >= 11 is 3.45. The van der Waals surface area contributed by atoms with Crippen molar-refractivity contribution in [2.24, 2.45) is 7.05 Å². The molecule has 0 atom stereocenters. The lowest BCUT2D eigenvalue weighted by Crippen LogP contribution is -1.97. The van der Waals surface area contributed by atoms with Crippen LogP contribution in [0.2, 0.25) is 0 Å². The molecule has 1 aromatic heterocycles. The highest BCUT2D eigenvalue weighted by molar-refractivity contribution is 9.10. The first-order valence-corrected chi connectivity index (χ1v) is 6.61. The van der Waals surface area contributed by atoms with Gasteiger partial charge in [0.15, 0.2) is 11.5 Å². The van der Waals surface area contributed by atoms with Gasteiger partial charge in [0.05, 0.1) is 25.8 Å². The molecule has 1 heterocycles. The molecule has 0 aliphatic heterocycles. The maximum atomic E-state index is 5.90. The number of nitrogens with zero attached hydrogens (tertiary/aromatic N) is 2. The molecule has 0 radical (unpaired) electrons. The molecule has 0 saturated heterocycles. The Morgan fingerprint density at radius 3 is 2.00 bits per heavy atom. The predicted molar refractivity (Wildman–Crippen MR) is 80.4 cm³/mol. The summed E-state index contributed by atoms with van der Waals surface area (Å²) in [6.45, 7) is 0. The molecular formula is C13H16BrN3O3. The zero-order valence-corrected chi connectivity index (χ0v) is 13.3. The van der Waals surface area contributed by atoms with E-state index in [2.05, 4.69) is 21.0 Å². The number of nitrogen functional groups attached to an aromatic ring is 1. The molecule has 0 aliphatic carbocycles. The molecule has 2 rings (SSSR count). The normalized spacial score (nSPS) is 10.4. The third kappa shape index (κ3) is 2.29. The number of nitrogens with two attached hydrogens (primary N) is 1. The summed E-state index contributed by atoms with van der Waals surface area (Å²) in [6, 6.07) is 3.65. The average Bonchev–Trinajstić information content (AvgIpc) is 2.73. The monoisotopic (exact) mass is 341 g/mol. The number of aryl methyl sites for hydroxylation is 1. The highest BCUT2D eigenvalue weighted by Gasteiger charge is 2.19. The van der Waals surface area contributed by atoms with Gasteiger partial charge in [-0.1, -0.05) is 0 Å². The van der Waals surface area contributed by atoms with Crippen molar-refractivity contribution in [2.45, 2.75) is 0 Å². The Bertz CT molecular complexity index is 615. The van der Waals surface area contributed by atoms with E-state index in [1.165, 1.54) is 0 Å². The number of hydrogen-bond acceptors (Lipinski definition) is 5. The summed E-state index contributed by atoms with van der Waals surface area (Å²) in [5.74, 6) is 2.23. The van der Waals surface area contributed by atoms with Gasteiger partial charge in [0.2, 0.25) is 5.75 Å². The van der Waals surface area contributed by atoms with Crippen molar-refractivity contribution in [3.63, 3.8) is 0 Å². The molecule has 2 aromatic rings. The van der Waals surface area contributed by atoms with Crippen molar-refractivity contribution >= 4 is 21.7 Å². The molecule has 1 aromatic carbocycles. The van der Waals surface area contributed by atoms with Crippen molar-refractivity contribution in [3.05, 3.63) is 16.6 Å². The van der Waals surface area contributed by atoms with Crippen LogP contribution in [0.3, 0.4) is 0 Å². The smallest absolute Gasteiger partial charge is 0.203 e. The van der Waals surface area contributed by atoms with Crippen LogP contribution in [0.4, 0.5) is 5.82 Å². The van der Waals surface area contributed by atoms with E-state index in [9.17, 15) is 0 Å². The van der Waals surface area contributed by atoms with E-state index in [-0.39, 0.29) is 0 Å². The van der Waals surface area contributed by atoms with Gasteiger partial charge in [-0.15, -0.1) is 0 Å². The first kappa shape index (κ1) is 14.5. The van der Waals surface area contributed by atoms with E-state index in [1.807, 2.05) is 12.1 Å². The Morgan fingerprint density at radius 1 is 1.10 bits per heavy atom. The van der Waals surface area contributed by atoms with Crippen LogP contribution in [0.5, 0.6) is 17.2 Å². The second-order valence-corrected chi connectivity index (χ2v) is 4.88. The zero-order valence-electron chi connectivity index (χ0n) is 11.7. The first-order chi connectivity index (χ1) is 9.53. The quantitative estimate of drug-likeness (QED) is 0.924. The van der Waals surface area contributed by atoms with Crippen LogP contribution in [0.1, 0.15) is 0 Å². The molecule has 2 N–H and O–H groups in total. The second kappa shape index (κ2) is 5.62. The Balaban J connectivity index is 2.65. The summed E-state index contributed by atoms with van der Waals surface area (Å²) in [4.78, 5) is 0. The number of rotatable bonds is 4. The summed E-state index contributed by atoms with van der Waals surface area (Å²) in [5, 5.41) is 4.38. The standard InChI is InChI=1S/C13H16BrN3O3/c1-17-13(15)10(14)11(16-17)7-5-8(18-2)12(20-4)9(6-7)19-3/h5-6H,15H2,1-4H3. The SMILES string of the molecule is COc1cc(-c2nn(C)c(N)c2Br)cc(OC)c1OC. The van der Waals surface area contributed by atoms with E-state index in [0.29, 0.717) is 28.8 Å². The van der Waals surface area contributed by atoms with Crippen LogP contribution >= 0.6 is 15.9 Å². The molecule has 20 heavy (non-hydrogen) atoms. The van der Waals surface area contributed by atoms with Crippen molar-refractivity contribution in [1.82, 2.24) is 9.78 Å². The van der Waals surface area contributed by atoms with Gasteiger partial charge in [-0.3, -0.25) is 4.68 Å². The number of methoxy groups -OCH3 is 3. The minimum absolute atomic E-state index is 0.541. The Morgan fingerprint density at radius 2 is 1.65 bits per heavy atom. The molecule has 0 unspecified atom stereocenters. The minimum atomic E-state index is 0.541. The van der Waals surface area contributed by atoms with E-state index in [1.54, 1.807) is 33.1 Å². The maximum Gasteiger partial charge on any atom is 0.203 e. The molecule has 0 saturated carbocycles. The van der Waals surface area contributed by atoms with Crippen LogP contribution in [0.15, 0.2) is 16.6 Å². The molecule has 6 nitrogen and oxygen atoms in total. The Kier molecular flexibility index (Phi) is 4.08. The number of hydrogen-bond donors (Lipinski definition) is 1. The van der Waals surface area contributed by atoms with E-state index < -0.39 is 0 Å². The molecule has 108 valence electrons. The lowest BCUT2D eigenvalue weighted by atomic mass is 10.1. The number of anilines is 1. The van der Waals surface area contributed by atoms with Gasteiger partial charge in [-0.25, -0.2) is 0 Å². The van der Waals surface area contributed by atoms with Crippen LogP contribution in [0, 0.1) is 0 Å². The number of ether oxygens (including phenoxy) is 3. The van der Waals surface area contributed by atoms with E-state index in [0.717, 1.165) is 10.0 Å². The predicted octanol–water partition coefficient (Wildman–Crippen LogP) is 2.46. The molecule has 0 amide bonds. The van der Waals surface area contributed by atoms with E-state index >= 15 is 0 Å². The van der Waals surface area contributed by atoms with Crippen LogP contribution in [-0.2, 0) is 7.05 Å². The maximum absolute atomic E-state index is 5.90. The van der Waals surface area contributed by atoms with Crippen molar-refractivity contribution in [2.75, 3.05) is 27.1 Å². The van der Waals surface area contributed by atoms with Crippen LogP contribution in [0.25, 0.3) is 11.3 Å². The van der Waals surface area contributed by atoms with Crippen molar-refractivity contribution in [3.8, 4) is 28.5 Å². The van der Waals surface area contributed by atoms with Crippen molar-refractivity contribution in [1.29, 1.82) is 0 Å². The molecule has 7 heteroatoms. The summed E-state index contributed by atoms with van der Waals surface area (Å²) in [6.07, 6.45) is 0. The second-order valence-electron chi connectivity index (χ2n) is 4.09. The Labute approximate surface area is 125 Å². The summed E-state index contributed by atoms with van der Waals surface area (Å²) in [5.41, 5.74) is 7.43. The third-order valence-electron chi connectivity index (χ3n) is 2.97. The van der Waals surface area contributed by atoms with Gasteiger partial charge in [0.1, 0.15) is 11.5 Å².